The van der Waals surface area contributed by atoms with Gasteiger partial charge in [-0.3, -0.25) is 9.48 Å². The molecule has 2 aromatic rings. The van der Waals surface area contributed by atoms with Gasteiger partial charge in [0, 0.05) is 17.6 Å². The molecule has 2 N–H and O–H groups in total. The van der Waals surface area contributed by atoms with Crippen LogP contribution >= 0.6 is 11.3 Å². The fourth-order valence-electron chi connectivity index (χ4n) is 2.25. The zero-order chi connectivity index (χ0) is 13.4. The quantitative estimate of drug-likeness (QED) is 0.896. The Hall–Kier alpha value is -1.89. The van der Waals surface area contributed by atoms with Crippen LogP contribution in [0.4, 0.5) is 10.8 Å². The average molecular weight is 278 g/mol. The van der Waals surface area contributed by atoms with Gasteiger partial charge < -0.3 is 10.4 Å². The maximum absolute atomic E-state index is 11.1. The minimum Gasteiger partial charge on any atom is -0.481 e. The maximum atomic E-state index is 11.1. The molecule has 100 valence electrons. The third kappa shape index (κ3) is 2.21. The monoisotopic (exact) mass is 278 g/mol. The molecule has 3 rings (SSSR count). The third-order valence-corrected chi connectivity index (χ3v) is 4.27. The second kappa shape index (κ2) is 4.65. The van der Waals surface area contributed by atoms with Crippen molar-refractivity contribution in [3.8, 4) is 0 Å². The van der Waals surface area contributed by atoms with Crippen LogP contribution in [0.15, 0.2) is 12.4 Å². The van der Waals surface area contributed by atoms with E-state index in [1.807, 2.05) is 17.8 Å². The highest BCUT2D eigenvalue weighted by atomic mass is 32.1. The summed E-state index contributed by atoms with van der Waals surface area (Å²) in [5.74, 6) is -1.23. The molecule has 0 saturated carbocycles. The molecule has 2 aromatic heterocycles. The number of rotatable bonds is 4. The number of carboxylic acid groups (broad SMARTS) is 1. The lowest BCUT2D eigenvalue weighted by Gasteiger charge is -2.02. The smallest absolute Gasteiger partial charge is 0.312 e. The Morgan fingerprint density at radius 3 is 3.21 bits per heavy atom. The van der Waals surface area contributed by atoms with Gasteiger partial charge in [-0.25, -0.2) is 4.98 Å². The van der Waals surface area contributed by atoms with Crippen molar-refractivity contribution >= 4 is 28.1 Å². The van der Waals surface area contributed by atoms with E-state index in [1.54, 1.807) is 6.20 Å². The van der Waals surface area contributed by atoms with Crippen molar-refractivity contribution in [2.45, 2.75) is 32.2 Å². The van der Waals surface area contributed by atoms with Crippen molar-refractivity contribution in [3.05, 3.63) is 23.0 Å². The Morgan fingerprint density at radius 2 is 2.53 bits per heavy atom. The molecule has 7 heteroatoms. The zero-order valence-electron chi connectivity index (χ0n) is 10.5. The Kier molecular flexibility index (Phi) is 2.98. The van der Waals surface area contributed by atoms with Crippen LogP contribution in [0, 0.1) is 0 Å². The summed E-state index contributed by atoms with van der Waals surface area (Å²) in [6.07, 6.45) is 5.11. The van der Waals surface area contributed by atoms with Gasteiger partial charge in [0.25, 0.3) is 0 Å². The van der Waals surface area contributed by atoms with Crippen molar-refractivity contribution in [1.29, 1.82) is 0 Å². The number of carbonyl (C=O) groups is 1. The molecule has 0 radical (unpaired) electrons. The van der Waals surface area contributed by atoms with Gasteiger partial charge in [-0.05, 0) is 19.8 Å². The average Bonchev–Trinajstić information content (AvgIpc) is 3.03. The Bertz CT molecular complexity index is 619. The number of nitrogens with zero attached hydrogens (tertiary/aromatic N) is 3. The van der Waals surface area contributed by atoms with Crippen molar-refractivity contribution in [2.24, 2.45) is 0 Å². The van der Waals surface area contributed by atoms with Gasteiger partial charge in [-0.15, -0.1) is 11.3 Å². The number of fused-ring (bicyclic) bond motifs is 1. The summed E-state index contributed by atoms with van der Waals surface area (Å²) in [5.41, 5.74) is 1.60. The summed E-state index contributed by atoms with van der Waals surface area (Å²) >= 11 is 1.53. The largest absolute Gasteiger partial charge is 0.481 e. The summed E-state index contributed by atoms with van der Waals surface area (Å²) in [6, 6.07) is 0. The second-order valence-electron chi connectivity index (χ2n) is 4.47. The van der Waals surface area contributed by atoms with E-state index in [9.17, 15) is 4.79 Å². The Labute approximate surface area is 114 Å². The Morgan fingerprint density at radius 1 is 1.68 bits per heavy atom. The first-order valence-corrected chi connectivity index (χ1v) is 7.01. The van der Waals surface area contributed by atoms with E-state index < -0.39 is 11.9 Å². The standard InChI is InChI=1S/C12H14N4O2S/c1-2-16-6-7(5-13-16)14-12-15-10-8(11(17)18)3-4-9(10)19-12/h5-6,8H,2-4H2,1H3,(H,14,15)(H,17,18). The van der Waals surface area contributed by atoms with E-state index >= 15 is 0 Å². The molecule has 1 unspecified atom stereocenters. The molecule has 0 aromatic carbocycles. The normalized spacial score (nSPS) is 17.4. The lowest BCUT2D eigenvalue weighted by molar-refractivity contribution is -0.138. The molecular weight excluding hydrogens is 264 g/mol. The maximum Gasteiger partial charge on any atom is 0.312 e. The summed E-state index contributed by atoms with van der Waals surface area (Å²) < 4.78 is 1.82. The van der Waals surface area contributed by atoms with E-state index in [1.165, 1.54) is 11.3 Å². The van der Waals surface area contributed by atoms with E-state index in [-0.39, 0.29) is 0 Å². The number of anilines is 2. The SMILES string of the molecule is CCn1cc(Nc2nc3c(s2)CCC3C(=O)O)cn1. The summed E-state index contributed by atoms with van der Waals surface area (Å²) in [5, 5.41) is 17.2. The third-order valence-electron chi connectivity index (χ3n) is 3.22. The number of aryl methyl sites for hydroxylation is 2. The fraction of sp³-hybridized carbons (Fsp3) is 0.417. The van der Waals surface area contributed by atoms with Crippen LogP contribution in [-0.4, -0.2) is 25.8 Å². The van der Waals surface area contributed by atoms with Crippen molar-refractivity contribution in [1.82, 2.24) is 14.8 Å². The minimum absolute atomic E-state index is 0.444. The molecule has 19 heavy (non-hydrogen) atoms. The molecule has 0 spiro atoms. The van der Waals surface area contributed by atoms with Crippen molar-refractivity contribution in [3.63, 3.8) is 0 Å². The zero-order valence-corrected chi connectivity index (χ0v) is 11.3. The van der Waals surface area contributed by atoms with E-state index in [0.717, 1.165) is 34.4 Å². The number of thiazole rings is 1. The lowest BCUT2D eigenvalue weighted by atomic mass is 10.1. The molecule has 1 aliphatic carbocycles. The van der Waals surface area contributed by atoms with Crippen LogP contribution in [0.2, 0.25) is 0 Å². The van der Waals surface area contributed by atoms with Gasteiger partial charge in [-0.1, -0.05) is 0 Å². The molecule has 0 fully saturated rings. The van der Waals surface area contributed by atoms with Crippen LogP contribution in [0.1, 0.15) is 29.8 Å². The van der Waals surface area contributed by atoms with Gasteiger partial charge in [0.1, 0.15) is 5.92 Å². The van der Waals surface area contributed by atoms with E-state index in [0.29, 0.717) is 6.42 Å². The molecule has 0 saturated heterocycles. The fourth-order valence-corrected chi connectivity index (χ4v) is 3.30. The van der Waals surface area contributed by atoms with Crippen LogP contribution in [0.3, 0.4) is 0 Å². The molecule has 1 atom stereocenters. The minimum atomic E-state index is -0.783. The number of hydrogen-bond acceptors (Lipinski definition) is 5. The number of nitrogens with one attached hydrogen (secondary N) is 1. The van der Waals surface area contributed by atoms with Crippen LogP contribution < -0.4 is 5.32 Å². The molecule has 6 nitrogen and oxygen atoms in total. The van der Waals surface area contributed by atoms with Gasteiger partial charge in [0.15, 0.2) is 5.13 Å². The second-order valence-corrected chi connectivity index (χ2v) is 5.55. The first-order valence-electron chi connectivity index (χ1n) is 6.19. The predicted molar refractivity (Wildman–Crippen MR) is 72.0 cm³/mol. The van der Waals surface area contributed by atoms with Crippen molar-refractivity contribution < 1.29 is 9.90 Å². The number of carboxylic acids is 1. The molecule has 1 aliphatic rings. The lowest BCUT2D eigenvalue weighted by Crippen LogP contribution is -2.08. The van der Waals surface area contributed by atoms with Gasteiger partial charge in [0.05, 0.1) is 17.6 Å². The summed E-state index contributed by atoms with van der Waals surface area (Å²) in [7, 11) is 0. The molecule has 0 amide bonds. The van der Waals surface area contributed by atoms with Gasteiger partial charge in [0.2, 0.25) is 0 Å². The first-order chi connectivity index (χ1) is 9.17. The van der Waals surface area contributed by atoms with Crippen LogP contribution in [0.25, 0.3) is 0 Å². The highest BCUT2D eigenvalue weighted by molar-refractivity contribution is 7.15. The highest BCUT2D eigenvalue weighted by Crippen LogP contribution is 2.39. The Balaban J connectivity index is 1.80. The molecule has 0 bridgehead atoms. The van der Waals surface area contributed by atoms with Gasteiger partial charge >= 0.3 is 5.97 Å². The molecular formula is C12H14N4O2S. The number of aliphatic carboxylic acids is 1. The highest BCUT2D eigenvalue weighted by Gasteiger charge is 2.32. The predicted octanol–water partition coefficient (Wildman–Crippen LogP) is 2.22. The molecule has 2 heterocycles. The topological polar surface area (TPSA) is 80.0 Å². The van der Waals surface area contributed by atoms with Crippen molar-refractivity contribution in [2.75, 3.05) is 5.32 Å². The van der Waals surface area contributed by atoms with Crippen LogP contribution in [-0.2, 0) is 17.8 Å². The number of aromatic nitrogens is 3. The first kappa shape index (κ1) is 12.2. The summed E-state index contributed by atoms with van der Waals surface area (Å²) in [6.45, 7) is 2.84. The number of hydrogen-bond donors (Lipinski definition) is 2. The molecule has 0 aliphatic heterocycles. The summed E-state index contributed by atoms with van der Waals surface area (Å²) in [4.78, 5) is 16.6. The van der Waals surface area contributed by atoms with E-state index in [2.05, 4.69) is 15.4 Å². The van der Waals surface area contributed by atoms with Gasteiger partial charge in [-0.2, -0.15) is 5.10 Å². The van der Waals surface area contributed by atoms with Crippen LogP contribution in [0.5, 0.6) is 0 Å². The van der Waals surface area contributed by atoms with E-state index in [4.69, 9.17) is 5.11 Å².